The fourth-order valence-corrected chi connectivity index (χ4v) is 4.27. The number of Topliss-reactive ketones (excluding diaryl/α,β-unsaturated/α-hetero) is 1. The highest BCUT2D eigenvalue weighted by molar-refractivity contribution is 6.10. The van der Waals surface area contributed by atoms with E-state index in [-0.39, 0.29) is 5.78 Å². The Labute approximate surface area is 249 Å². The number of benzene rings is 1. The largest absolute Gasteiger partial charge is 0.300 e. The van der Waals surface area contributed by atoms with Gasteiger partial charge >= 0.3 is 0 Å². The number of rotatable bonds is 9. The van der Waals surface area contributed by atoms with E-state index in [2.05, 4.69) is 52.6 Å². The third-order valence-electron chi connectivity index (χ3n) is 6.20. The maximum Gasteiger partial charge on any atom is 0.126 e. The molecule has 0 aliphatic heterocycles. The Balaban J connectivity index is 0.000000834. The molecule has 6 heteroatoms. The SMILES string of the molecule is C/C=C(\C=NC)c1ccc(-c2cccc(-c3cnn(C)c3)c2)nc1C.CC.CC(C)=O.CCCC(F)(CC)CCC. The molecular formula is C35H53FN4O. The van der Waals surface area contributed by atoms with Crippen molar-refractivity contribution in [2.45, 2.75) is 100 Å². The summed E-state index contributed by atoms with van der Waals surface area (Å²) in [7, 11) is 3.71. The van der Waals surface area contributed by atoms with Crippen molar-refractivity contribution in [2.75, 3.05) is 7.05 Å². The van der Waals surface area contributed by atoms with Crippen LogP contribution in [0.4, 0.5) is 4.39 Å². The molecule has 0 N–H and O–H groups in total. The van der Waals surface area contributed by atoms with Crippen LogP contribution >= 0.6 is 0 Å². The second-order valence-electron chi connectivity index (χ2n) is 9.86. The zero-order valence-electron chi connectivity index (χ0n) is 27.4. The molecule has 41 heavy (non-hydrogen) atoms. The number of aryl methyl sites for hydroxylation is 2. The average Bonchev–Trinajstić information content (AvgIpc) is 3.40. The quantitative estimate of drug-likeness (QED) is 0.243. The number of halogens is 1. The Hall–Kier alpha value is -3.41. The molecule has 3 aromatic rings. The highest BCUT2D eigenvalue weighted by Crippen LogP contribution is 2.28. The summed E-state index contributed by atoms with van der Waals surface area (Å²) in [5, 5.41) is 4.25. The lowest BCUT2D eigenvalue weighted by Gasteiger charge is -2.22. The normalized spacial score (nSPS) is 11.1. The van der Waals surface area contributed by atoms with Crippen molar-refractivity contribution in [3.63, 3.8) is 0 Å². The van der Waals surface area contributed by atoms with Crippen LogP contribution in [0.25, 0.3) is 28.0 Å². The van der Waals surface area contributed by atoms with Gasteiger partial charge in [-0.1, -0.05) is 77.8 Å². The number of aromatic nitrogens is 3. The topological polar surface area (TPSA) is 60.1 Å². The first-order valence-electron chi connectivity index (χ1n) is 14.9. The van der Waals surface area contributed by atoms with E-state index in [9.17, 15) is 9.18 Å². The third-order valence-corrected chi connectivity index (χ3v) is 6.20. The van der Waals surface area contributed by atoms with Crippen LogP contribution in [0.15, 0.2) is 59.9 Å². The monoisotopic (exact) mass is 564 g/mol. The molecule has 0 fully saturated rings. The Bertz CT molecular complexity index is 1220. The van der Waals surface area contributed by atoms with Gasteiger partial charge in [-0.25, -0.2) is 4.39 Å². The molecule has 0 unspecified atom stereocenters. The van der Waals surface area contributed by atoms with E-state index in [0.29, 0.717) is 6.42 Å². The van der Waals surface area contributed by atoms with Crippen molar-refractivity contribution in [2.24, 2.45) is 12.0 Å². The Morgan fingerprint density at radius 3 is 2.05 bits per heavy atom. The van der Waals surface area contributed by atoms with Gasteiger partial charge in [0.25, 0.3) is 0 Å². The number of hydrogen-bond acceptors (Lipinski definition) is 4. The highest BCUT2D eigenvalue weighted by atomic mass is 19.1. The molecule has 0 saturated heterocycles. The molecule has 5 nitrogen and oxygen atoms in total. The van der Waals surface area contributed by atoms with Crippen molar-refractivity contribution in [1.29, 1.82) is 0 Å². The maximum atomic E-state index is 13.5. The predicted octanol–water partition coefficient (Wildman–Crippen LogP) is 9.89. The summed E-state index contributed by atoms with van der Waals surface area (Å²) in [6.07, 6.45) is 11.9. The zero-order valence-corrected chi connectivity index (χ0v) is 27.4. The number of allylic oxidation sites excluding steroid dienone is 2. The van der Waals surface area contributed by atoms with Gasteiger partial charge in [0.05, 0.1) is 11.9 Å². The minimum Gasteiger partial charge on any atom is -0.300 e. The minimum atomic E-state index is -0.858. The van der Waals surface area contributed by atoms with Gasteiger partial charge in [0.2, 0.25) is 0 Å². The summed E-state index contributed by atoms with van der Waals surface area (Å²) >= 11 is 0. The molecule has 0 spiro atoms. The first-order chi connectivity index (χ1) is 19.5. The highest BCUT2D eigenvalue weighted by Gasteiger charge is 2.24. The smallest absolute Gasteiger partial charge is 0.126 e. The number of aliphatic imine (C=N–C) groups is 1. The van der Waals surface area contributed by atoms with E-state index < -0.39 is 5.67 Å². The molecule has 2 aromatic heterocycles. The van der Waals surface area contributed by atoms with Crippen LogP contribution in [0, 0.1) is 6.92 Å². The molecule has 2 heterocycles. The summed E-state index contributed by atoms with van der Waals surface area (Å²) < 4.78 is 15.3. The molecule has 0 amide bonds. The van der Waals surface area contributed by atoms with Crippen LogP contribution in [-0.4, -0.2) is 39.5 Å². The van der Waals surface area contributed by atoms with Gasteiger partial charge < -0.3 is 4.79 Å². The van der Waals surface area contributed by atoms with Crippen LogP contribution in [0.1, 0.15) is 98.8 Å². The number of hydrogen-bond donors (Lipinski definition) is 0. The standard InChI is InChI=1S/C21H22N4.C9H19F.C3H6O.C2H6/c1-5-16(12-22-3)20-9-10-21(24-15(20)2)18-8-6-7-17(11-18)19-13-23-25(4)14-19;1-4-7-9(10,6-3)8-5-2;1-3(2)4;1-2/h5-14H,1-4H3;4-8H2,1-3H3;1-2H3;1-2H3/b16-5+,22-12?;;;. The molecule has 0 atom stereocenters. The lowest BCUT2D eigenvalue weighted by molar-refractivity contribution is -0.115. The number of carbonyl (C=O) groups excluding carboxylic acids is 1. The van der Waals surface area contributed by atoms with Crippen molar-refractivity contribution < 1.29 is 9.18 Å². The molecule has 0 aliphatic rings. The van der Waals surface area contributed by atoms with Gasteiger partial charge in [-0.2, -0.15) is 5.10 Å². The van der Waals surface area contributed by atoms with Crippen LogP contribution in [-0.2, 0) is 11.8 Å². The summed E-state index contributed by atoms with van der Waals surface area (Å²) in [6, 6.07) is 12.6. The van der Waals surface area contributed by atoms with E-state index in [1.54, 1.807) is 7.05 Å². The number of pyridine rings is 1. The Morgan fingerprint density at radius 1 is 1.02 bits per heavy atom. The van der Waals surface area contributed by atoms with Crippen LogP contribution in [0.5, 0.6) is 0 Å². The number of ketones is 1. The van der Waals surface area contributed by atoms with E-state index in [0.717, 1.165) is 64.9 Å². The number of alkyl halides is 1. The summed E-state index contributed by atoms with van der Waals surface area (Å²) in [5.41, 5.74) is 6.65. The zero-order chi connectivity index (χ0) is 31.4. The van der Waals surface area contributed by atoms with E-state index in [4.69, 9.17) is 4.98 Å². The molecule has 0 radical (unpaired) electrons. The second-order valence-corrected chi connectivity index (χ2v) is 9.86. The van der Waals surface area contributed by atoms with Crippen LogP contribution in [0.3, 0.4) is 0 Å². The van der Waals surface area contributed by atoms with Gasteiger partial charge in [0.1, 0.15) is 11.5 Å². The summed E-state index contributed by atoms with van der Waals surface area (Å²) in [6.45, 7) is 17.1. The minimum absolute atomic E-state index is 0.167. The molecule has 0 aliphatic carbocycles. The van der Waals surface area contributed by atoms with E-state index >= 15 is 0 Å². The number of nitrogens with zero attached hydrogens (tertiary/aromatic N) is 4. The molecule has 0 bridgehead atoms. The summed E-state index contributed by atoms with van der Waals surface area (Å²) in [4.78, 5) is 18.4. The number of carbonyl (C=O) groups is 1. The molecule has 3 rings (SSSR count). The predicted molar refractivity (Wildman–Crippen MR) is 176 cm³/mol. The second kappa shape index (κ2) is 20.5. The third kappa shape index (κ3) is 13.7. The van der Waals surface area contributed by atoms with Gasteiger partial charge in [0.15, 0.2) is 0 Å². The lowest BCUT2D eigenvalue weighted by Crippen LogP contribution is -2.20. The van der Waals surface area contributed by atoms with Gasteiger partial charge in [-0.15, -0.1) is 0 Å². The Morgan fingerprint density at radius 2 is 1.61 bits per heavy atom. The van der Waals surface area contributed by atoms with Crippen molar-refractivity contribution in [3.05, 3.63) is 66.1 Å². The van der Waals surface area contributed by atoms with Crippen LogP contribution < -0.4 is 0 Å². The molecular weight excluding hydrogens is 511 g/mol. The van der Waals surface area contributed by atoms with Gasteiger partial charge in [-0.05, 0) is 70.2 Å². The first kappa shape index (κ1) is 37.6. The van der Waals surface area contributed by atoms with Gasteiger partial charge in [0, 0.05) is 48.9 Å². The molecule has 0 saturated carbocycles. The van der Waals surface area contributed by atoms with Crippen molar-refractivity contribution in [1.82, 2.24) is 14.8 Å². The Kier molecular flexibility index (Phi) is 18.8. The maximum absolute atomic E-state index is 13.5. The first-order valence-corrected chi connectivity index (χ1v) is 14.9. The fraction of sp³-hybridized carbons (Fsp3) is 0.486. The van der Waals surface area contributed by atoms with Gasteiger partial charge in [-0.3, -0.25) is 14.7 Å². The van der Waals surface area contributed by atoms with Crippen LogP contribution in [0.2, 0.25) is 0 Å². The summed E-state index contributed by atoms with van der Waals surface area (Å²) in [5.74, 6) is 0.167. The van der Waals surface area contributed by atoms with E-state index in [1.807, 2.05) is 78.8 Å². The molecule has 226 valence electrons. The molecule has 1 aromatic carbocycles. The van der Waals surface area contributed by atoms with E-state index in [1.165, 1.54) is 13.8 Å². The average molecular weight is 565 g/mol. The van der Waals surface area contributed by atoms with Crippen molar-refractivity contribution >= 4 is 17.6 Å². The van der Waals surface area contributed by atoms with Crippen molar-refractivity contribution in [3.8, 4) is 22.4 Å². The fourth-order valence-electron chi connectivity index (χ4n) is 4.27. The lowest BCUT2D eigenvalue weighted by atomic mass is 9.92.